The third-order valence-electron chi connectivity index (χ3n) is 5.24. The SMILES string of the molecule is O=C(c1ccoc1)N1CCC2(CC1)CO[C@@H](COc1cccnc1)C2. The highest BCUT2D eigenvalue weighted by atomic mass is 16.5. The predicted molar refractivity (Wildman–Crippen MR) is 90.4 cm³/mol. The highest BCUT2D eigenvalue weighted by Crippen LogP contribution is 2.42. The normalized spacial score (nSPS) is 22.2. The quantitative estimate of drug-likeness (QED) is 0.855. The van der Waals surface area contributed by atoms with Gasteiger partial charge in [0.15, 0.2) is 0 Å². The van der Waals surface area contributed by atoms with Gasteiger partial charge in [-0.1, -0.05) is 0 Å². The summed E-state index contributed by atoms with van der Waals surface area (Å²) < 4.78 is 16.8. The number of furan rings is 1. The molecule has 1 atom stereocenters. The van der Waals surface area contributed by atoms with Crippen LogP contribution in [0.3, 0.4) is 0 Å². The van der Waals surface area contributed by atoms with Crippen molar-refractivity contribution in [3.05, 3.63) is 48.7 Å². The van der Waals surface area contributed by atoms with E-state index in [0.717, 1.165) is 44.7 Å². The number of hydrogen-bond acceptors (Lipinski definition) is 5. The van der Waals surface area contributed by atoms with Gasteiger partial charge >= 0.3 is 0 Å². The molecular weight excluding hydrogens is 320 g/mol. The summed E-state index contributed by atoms with van der Waals surface area (Å²) in [5, 5.41) is 0. The average Bonchev–Trinajstić information content (AvgIpc) is 3.32. The van der Waals surface area contributed by atoms with E-state index in [-0.39, 0.29) is 17.4 Å². The number of carbonyl (C=O) groups is 1. The first-order valence-electron chi connectivity index (χ1n) is 8.70. The molecule has 0 N–H and O–H groups in total. The zero-order valence-electron chi connectivity index (χ0n) is 14.1. The van der Waals surface area contributed by atoms with Gasteiger partial charge in [0.25, 0.3) is 5.91 Å². The lowest BCUT2D eigenvalue weighted by Crippen LogP contribution is -2.43. The molecule has 2 fully saturated rings. The van der Waals surface area contributed by atoms with Crippen molar-refractivity contribution in [3.63, 3.8) is 0 Å². The van der Waals surface area contributed by atoms with E-state index in [0.29, 0.717) is 12.2 Å². The minimum Gasteiger partial charge on any atom is -0.489 e. The molecule has 2 aromatic rings. The van der Waals surface area contributed by atoms with Gasteiger partial charge in [0.2, 0.25) is 0 Å². The molecule has 4 heterocycles. The van der Waals surface area contributed by atoms with Crippen LogP contribution in [0.5, 0.6) is 5.75 Å². The van der Waals surface area contributed by atoms with Gasteiger partial charge in [-0.05, 0) is 42.9 Å². The lowest BCUT2D eigenvalue weighted by atomic mass is 9.76. The molecule has 1 amide bonds. The van der Waals surface area contributed by atoms with Crippen molar-refractivity contribution >= 4 is 5.91 Å². The van der Waals surface area contributed by atoms with Crippen molar-refractivity contribution in [1.29, 1.82) is 0 Å². The number of carbonyl (C=O) groups excluding carboxylic acids is 1. The Morgan fingerprint density at radius 2 is 2.24 bits per heavy atom. The van der Waals surface area contributed by atoms with Gasteiger partial charge in [-0.2, -0.15) is 0 Å². The summed E-state index contributed by atoms with van der Waals surface area (Å²) in [6.07, 6.45) is 9.53. The Hall–Kier alpha value is -2.34. The monoisotopic (exact) mass is 342 g/mol. The largest absolute Gasteiger partial charge is 0.489 e. The average molecular weight is 342 g/mol. The number of ether oxygens (including phenoxy) is 2. The fourth-order valence-electron chi connectivity index (χ4n) is 3.73. The van der Waals surface area contributed by atoms with E-state index in [1.54, 1.807) is 18.5 Å². The standard InChI is InChI=1S/C19H22N2O4/c22-18(15-3-9-23-12-15)21-7-4-19(5-8-21)10-17(25-14-19)13-24-16-2-1-6-20-11-16/h1-3,6,9,11-12,17H,4-5,7-8,10,13-14H2/t17-/m1/s1. The lowest BCUT2D eigenvalue weighted by Gasteiger charge is -2.38. The van der Waals surface area contributed by atoms with Crippen LogP contribution >= 0.6 is 0 Å². The number of nitrogens with zero attached hydrogens (tertiary/aromatic N) is 2. The van der Waals surface area contributed by atoms with E-state index in [2.05, 4.69) is 4.98 Å². The third kappa shape index (κ3) is 3.54. The second-order valence-corrected chi connectivity index (χ2v) is 6.94. The van der Waals surface area contributed by atoms with Gasteiger partial charge in [-0.3, -0.25) is 9.78 Å². The molecule has 0 unspecified atom stereocenters. The Balaban J connectivity index is 1.28. The summed E-state index contributed by atoms with van der Waals surface area (Å²) >= 11 is 0. The third-order valence-corrected chi connectivity index (χ3v) is 5.24. The summed E-state index contributed by atoms with van der Waals surface area (Å²) in [5.74, 6) is 0.826. The molecule has 2 aliphatic heterocycles. The first kappa shape index (κ1) is 16.1. The molecule has 1 spiro atoms. The van der Waals surface area contributed by atoms with Crippen molar-refractivity contribution < 1.29 is 18.7 Å². The van der Waals surface area contributed by atoms with Gasteiger partial charge in [0.1, 0.15) is 18.6 Å². The van der Waals surface area contributed by atoms with Crippen LogP contribution in [0.2, 0.25) is 0 Å². The summed E-state index contributed by atoms with van der Waals surface area (Å²) in [7, 11) is 0. The topological polar surface area (TPSA) is 64.8 Å². The van der Waals surface area contributed by atoms with Gasteiger partial charge < -0.3 is 18.8 Å². The van der Waals surface area contributed by atoms with Crippen molar-refractivity contribution in [3.8, 4) is 5.75 Å². The Kier molecular flexibility index (Phi) is 4.44. The number of rotatable bonds is 4. The van der Waals surface area contributed by atoms with Gasteiger partial charge in [-0.15, -0.1) is 0 Å². The van der Waals surface area contributed by atoms with E-state index in [1.807, 2.05) is 17.0 Å². The predicted octanol–water partition coefficient (Wildman–Crippen LogP) is 2.76. The van der Waals surface area contributed by atoms with Crippen LogP contribution in [-0.4, -0.2) is 48.2 Å². The number of aromatic nitrogens is 1. The first-order valence-corrected chi connectivity index (χ1v) is 8.70. The molecule has 2 aliphatic rings. The van der Waals surface area contributed by atoms with Gasteiger partial charge in [0.05, 0.1) is 30.7 Å². The molecule has 4 rings (SSSR count). The molecular formula is C19H22N2O4. The van der Waals surface area contributed by atoms with Crippen LogP contribution in [0.4, 0.5) is 0 Å². The maximum atomic E-state index is 12.4. The molecule has 0 aliphatic carbocycles. The number of likely N-dealkylation sites (tertiary alicyclic amines) is 1. The van der Waals surface area contributed by atoms with Crippen LogP contribution in [0, 0.1) is 5.41 Å². The molecule has 0 saturated carbocycles. The second kappa shape index (κ2) is 6.88. The van der Waals surface area contributed by atoms with Crippen molar-refractivity contribution in [2.75, 3.05) is 26.3 Å². The van der Waals surface area contributed by atoms with Crippen molar-refractivity contribution in [2.45, 2.75) is 25.4 Å². The molecule has 2 saturated heterocycles. The van der Waals surface area contributed by atoms with E-state index in [9.17, 15) is 4.79 Å². The second-order valence-electron chi connectivity index (χ2n) is 6.94. The molecule has 2 aromatic heterocycles. The molecule has 0 radical (unpaired) electrons. The molecule has 25 heavy (non-hydrogen) atoms. The Morgan fingerprint density at radius 1 is 1.36 bits per heavy atom. The molecule has 6 heteroatoms. The molecule has 0 bridgehead atoms. The van der Waals surface area contributed by atoms with E-state index >= 15 is 0 Å². The number of hydrogen-bond donors (Lipinski definition) is 0. The number of amides is 1. The maximum absolute atomic E-state index is 12.4. The van der Waals surface area contributed by atoms with Crippen LogP contribution in [-0.2, 0) is 4.74 Å². The fourth-order valence-corrected chi connectivity index (χ4v) is 3.73. The number of piperidine rings is 1. The molecule has 132 valence electrons. The lowest BCUT2D eigenvalue weighted by molar-refractivity contribution is 0.0427. The van der Waals surface area contributed by atoms with Crippen LogP contribution in [0.1, 0.15) is 29.6 Å². The van der Waals surface area contributed by atoms with Gasteiger partial charge in [-0.25, -0.2) is 0 Å². The van der Waals surface area contributed by atoms with E-state index < -0.39 is 0 Å². The summed E-state index contributed by atoms with van der Waals surface area (Å²) in [4.78, 5) is 18.4. The van der Waals surface area contributed by atoms with Gasteiger partial charge in [0, 0.05) is 19.3 Å². The van der Waals surface area contributed by atoms with Crippen LogP contribution < -0.4 is 4.74 Å². The molecule has 0 aromatic carbocycles. The van der Waals surface area contributed by atoms with Crippen LogP contribution in [0.15, 0.2) is 47.5 Å². The Bertz CT molecular complexity index is 693. The minimum absolute atomic E-state index is 0.0546. The summed E-state index contributed by atoms with van der Waals surface area (Å²) in [6, 6.07) is 5.48. The molecule has 6 nitrogen and oxygen atoms in total. The summed E-state index contributed by atoms with van der Waals surface area (Å²) in [5.41, 5.74) is 0.803. The Labute approximate surface area is 146 Å². The Morgan fingerprint density at radius 3 is 2.96 bits per heavy atom. The summed E-state index contributed by atoms with van der Waals surface area (Å²) in [6.45, 7) is 2.83. The van der Waals surface area contributed by atoms with Crippen LogP contribution in [0.25, 0.3) is 0 Å². The number of pyridine rings is 1. The fraction of sp³-hybridized carbons (Fsp3) is 0.474. The highest BCUT2D eigenvalue weighted by Gasteiger charge is 2.43. The first-order chi connectivity index (χ1) is 12.2. The zero-order chi connectivity index (χ0) is 17.1. The maximum Gasteiger partial charge on any atom is 0.257 e. The van der Waals surface area contributed by atoms with E-state index in [1.165, 1.54) is 12.5 Å². The zero-order valence-corrected chi connectivity index (χ0v) is 14.1. The van der Waals surface area contributed by atoms with Crippen molar-refractivity contribution in [2.24, 2.45) is 5.41 Å². The smallest absolute Gasteiger partial charge is 0.257 e. The van der Waals surface area contributed by atoms with Crippen molar-refractivity contribution in [1.82, 2.24) is 9.88 Å². The highest BCUT2D eigenvalue weighted by molar-refractivity contribution is 5.93. The van der Waals surface area contributed by atoms with E-state index in [4.69, 9.17) is 13.9 Å². The minimum atomic E-state index is 0.0546.